The summed E-state index contributed by atoms with van der Waals surface area (Å²) in [5.74, 6) is 0.364. The first-order valence-electron chi connectivity index (χ1n) is 6.78. The first kappa shape index (κ1) is 14.9. The Labute approximate surface area is 111 Å². The molecular formula is C16H25NO. The van der Waals surface area contributed by atoms with Crippen LogP contribution < -0.4 is 5.32 Å². The van der Waals surface area contributed by atoms with E-state index in [-0.39, 0.29) is 5.54 Å². The van der Waals surface area contributed by atoms with Crippen molar-refractivity contribution in [3.8, 4) is 0 Å². The van der Waals surface area contributed by atoms with E-state index in [4.69, 9.17) is 0 Å². The summed E-state index contributed by atoms with van der Waals surface area (Å²) in [5, 5.41) is 3.34. The van der Waals surface area contributed by atoms with Gasteiger partial charge < -0.3 is 5.32 Å². The smallest absolute Gasteiger partial charge is 0.134 e. The minimum atomic E-state index is 0.102. The van der Waals surface area contributed by atoms with Crippen LogP contribution in [-0.2, 0) is 11.2 Å². The summed E-state index contributed by atoms with van der Waals surface area (Å²) in [6.45, 7) is 7.14. The maximum atomic E-state index is 11.7. The molecule has 0 unspecified atom stereocenters. The lowest BCUT2D eigenvalue weighted by molar-refractivity contribution is -0.119. The van der Waals surface area contributed by atoms with Crippen LogP contribution in [0.25, 0.3) is 0 Å². The van der Waals surface area contributed by atoms with Crippen LogP contribution in [-0.4, -0.2) is 17.9 Å². The van der Waals surface area contributed by atoms with Gasteiger partial charge in [-0.25, -0.2) is 0 Å². The van der Waals surface area contributed by atoms with Crippen LogP contribution in [0.1, 0.15) is 45.6 Å². The Balaban J connectivity index is 2.11. The van der Waals surface area contributed by atoms with Gasteiger partial charge in [-0.05, 0) is 39.2 Å². The Morgan fingerprint density at radius 3 is 2.39 bits per heavy atom. The second kappa shape index (κ2) is 7.32. The van der Waals surface area contributed by atoms with E-state index >= 15 is 0 Å². The number of nitrogens with one attached hydrogen (secondary N) is 1. The van der Waals surface area contributed by atoms with E-state index in [1.165, 1.54) is 5.56 Å². The fourth-order valence-electron chi connectivity index (χ4n) is 1.84. The lowest BCUT2D eigenvalue weighted by Crippen LogP contribution is -2.37. The maximum absolute atomic E-state index is 11.7. The molecule has 0 saturated heterocycles. The largest absolute Gasteiger partial charge is 0.312 e. The predicted molar refractivity (Wildman–Crippen MR) is 76.8 cm³/mol. The van der Waals surface area contributed by atoms with Gasteiger partial charge in [-0.15, -0.1) is 0 Å². The van der Waals surface area contributed by atoms with Crippen LogP contribution >= 0.6 is 0 Å². The molecule has 0 aliphatic heterocycles. The molecule has 100 valence electrons. The van der Waals surface area contributed by atoms with Gasteiger partial charge in [-0.1, -0.05) is 30.3 Å². The monoisotopic (exact) mass is 247 g/mol. The molecule has 0 fully saturated rings. The molecule has 1 aromatic carbocycles. The number of benzene rings is 1. The second-order valence-electron chi connectivity index (χ2n) is 5.80. The number of ketones is 1. The highest BCUT2D eigenvalue weighted by Crippen LogP contribution is 2.06. The standard InChI is InChI=1S/C16H25NO/c1-16(2,3)17-13-12-15(18)11-7-10-14-8-5-4-6-9-14/h4-6,8-9,17H,7,10-13H2,1-3H3. The Morgan fingerprint density at radius 1 is 1.11 bits per heavy atom. The van der Waals surface area contributed by atoms with Gasteiger partial charge in [0.15, 0.2) is 0 Å². The molecule has 0 radical (unpaired) electrons. The number of aryl methyl sites for hydroxylation is 1. The van der Waals surface area contributed by atoms with Crippen molar-refractivity contribution in [3.05, 3.63) is 35.9 Å². The Morgan fingerprint density at radius 2 is 1.78 bits per heavy atom. The Kier molecular flexibility index (Phi) is 6.06. The molecule has 0 bridgehead atoms. The van der Waals surface area contributed by atoms with Crippen molar-refractivity contribution >= 4 is 5.78 Å². The van der Waals surface area contributed by atoms with Crippen LogP contribution in [0, 0.1) is 0 Å². The molecular weight excluding hydrogens is 222 g/mol. The van der Waals surface area contributed by atoms with Gasteiger partial charge in [0, 0.05) is 24.9 Å². The Bertz CT molecular complexity index is 351. The highest BCUT2D eigenvalue weighted by atomic mass is 16.1. The van der Waals surface area contributed by atoms with Gasteiger partial charge in [-0.3, -0.25) is 4.79 Å². The molecule has 1 rings (SSSR count). The molecule has 0 aliphatic rings. The summed E-state index contributed by atoms with van der Waals surface area (Å²) in [5.41, 5.74) is 1.42. The van der Waals surface area contributed by atoms with E-state index in [0.29, 0.717) is 18.6 Å². The first-order valence-corrected chi connectivity index (χ1v) is 6.78. The van der Waals surface area contributed by atoms with Gasteiger partial charge in [0.1, 0.15) is 5.78 Å². The topological polar surface area (TPSA) is 29.1 Å². The number of carbonyl (C=O) groups excluding carboxylic acids is 1. The molecule has 1 N–H and O–H groups in total. The third kappa shape index (κ3) is 7.23. The highest BCUT2D eigenvalue weighted by molar-refractivity contribution is 5.78. The number of hydrogen-bond donors (Lipinski definition) is 1. The summed E-state index contributed by atoms with van der Waals surface area (Å²) >= 11 is 0. The van der Waals surface area contributed by atoms with Gasteiger partial charge >= 0.3 is 0 Å². The first-order chi connectivity index (χ1) is 8.47. The zero-order chi connectivity index (χ0) is 13.4. The molecule has 0 saturated carbocycles. The molecule has 18 heavy (non-hydrogen) atoms. The summed E-state index contributed by atoms with van der Waals surface area (Å²) in [7, 11) is 0. The molecule has 0 atom stereocenters. The van der Waals surface area contributed by atoms with E-state index < -0.39 is 0 Å². The molecule has 0 aromatic heterocycles. The molecule has 2 nitrogen and oxygen atoms in total. The predicted octanol–water partition coefficient (Wildman–Crippen LogP) is 3.36. The average Bonchev–Trinajstić information content (AvgIpc) is 2.28. The van der Waals surface area contributed by atoms with Crippen molar-refractivity contribution < 1.29 is 4.79 Å². The number of hydrogen-bond acceptors (Lipinski definition) is 2. The molecule has 0 spiro atoms. The number of carbonyl (C=O) groups is 1. The lowest BCUT2D eigenvalue weighted by Gasteiger charge is -2.20. The second-order valence-corrected chi connectivity index (χ2v) is 5.80. The van der Waals surface area contributed by atoms with Crippen molar-refractivity contribution in [3.63, 3.8) is 0 Å². The minimum absolute atomic E-state index is 0.102. The highest BCUT2D eigenvalue weighted by Gasteiger charge is 2.09. The maximum Gasteiger partial charge on any atom is 0.134 e. The van der Waals surface area contributed by atoms with Gasteiger partial charge in [0.25, 0.3) is 0 Å². The van der Waals surface area contributed by atoms with E-state index in [1.807, 2.05) is 18.2 Å². The van der Waals surface area contributed by atoms with E-state index in [0.717, 1.165) is 19.4 Å². The van der Waals surface area contributed by atoms with Crippen LogP contribution in [0.4, 0.5) is 0 Å². The van der Waals surface area contributed by atoms with Gasteiger partial charge in [-0.2, -0.15) is 0 Å². The average molecular weight is 247 g/mol. The van der Waals surface area contributed by atoms with Crippen molar-refractivity contribution in [1.82, 2.24) is 5.32 Å². The van der Waals surface area contributed by atoms with Crippen molar-refractivity contribution in [1.29, 1.82) is 0 Å². The molecule has 2 heteroatoms. The summed E-state index contributed by atoms with van der Waals surface area (Å²) in [6.07, 6.45) is 3.30. The molecule has 0 aliphatic carbocycles. The summed E-state index contributed by atoms with van der Waals surface area (Å²) in [6, 6.07) is 10.3. The fourth-order valence-corrected chi connectivity index (χ4v) is 1.84. The minimum Gasteiger partial charge on any atom is -0.312 e. The quantitative estimate of drug-likeness (QED) is 0.800. The van der Waals surface area contributed by atoms with Crippen molar-refractivity contribution in [2.24, 2.45) is 0 Å². The van der Waals surface area contributed by atoms with Crippen LogP contribution in [0.2, 0.25) is 0 Å². The van der Waals surface area contributed by atoms with Crippen molar-refractivity contribution in [2.75, 3.05) is 6.54 Å². The molecule has 1 aromatic rings. The Hall–Kier alpha value is -1.15. The third-order valence-electron chi connectivity index (χ3n) is 2.82. The van der Waals surface area contributed by atoms with Gasteiger partial charge in [0.2, 0.25) is 0 Å². The van der Waals surface area contributed by atoms with Crippen molar-refractivity contribution in [2.45, 2.75) is 52.0 Å². The molecule has 0 heterocycles. The summed E-state index contributed by atoms with van der Waals surface area (Å²) < 4.78 is 0. The van der Waals surface area contributed by atoms with E-state index in [1.54, 1.807) is 0 Å². The zero-order valence-electron chi connectivity index (χ0n) is 11.8. The number of Topliss-reactive ketones (excluding diaryl/α,β-unsaturated/α-hetero) is 1. The zero-order valence-corrected chi connectivity index (χ0v) is 11.8. The molecule has 0 amide bonds. The normalized spacial score (nSPS) is 11.5. The lowest BCUT2D eigenvalue weighted by atomic mass is 10.0. The third-order valence-corrected chi connectivity index (χ3v) is 2.82. The van der Waals surface area contributed by atoms with E-state index in [2.05, 4.69) is 38.2 Å². The van der Waals surface area contributed by atoms with Crippen LogP contribution in [0.5, 0.6) is 0 Å². The van der Waals surface area contributed by atoms with Crippen LogP contribution in [0.15, 0.2) is 30.3 Å². The number of rotatable bonds is 7. The fraction of sp³-hybridized carbons (Fsp3) is 0.562. The van der Waals surface area contributed by atoms with E-state index in [9.17, 15) is 4.79 Å². The summed E-state index contributed by atoms with van der Waals surface area (Å²) in [4.78, 5) is 11.7. The van der Waals surface area contributed by atoms with Gasteiger partial charge in [0.05, 0.1) is 0 Å². The SMILES string of the molecule is CC(C)(C)NCCC(=O)CCCc1ccccc1. The van der Waals surface area contributed by atoms with Crippen LogP contribution in [0.3, 0.4) is 0 Å².